The fourth-order valence-electron chi connectivity index (χ4n) is 4.07. The summed E-state index contributed by atoms with van der Waals surface area (Å²) in [5.41, 5.74) is 3.88. The number of sulfonamides is 1. The van der Waals surface area contributed by atoms with Gasteiger partial charge in [0.25, 0.3) is 0 Å². The molecule has 0 fully saturated rings. The summed E-state index contributed by atoms with van der Waals surface area (Å²) in [6.07, 6.45) is 2.06. The largest absolute Gasteiger partial charge is 0.324 e. The first-order valence-corrected chi connectivity index (χ1v) is 13.8. The molecule has 4 aromatic rings. The number of aryl methyl sites for hydroxylation is 2. The molecule has 1 aromatic heterocycles. The lowest BCUT2D eigenvalue weighted by Crippen LogP contribution is -2.16. The van der Waals surface area contributed by atoms with Gasteiger partial charge < -0.3 is 5.32 Å². The van der Waals surface area contributed by atoms with Crippen molar-refractivity contribution in [2.45, 2.75) is 22.9 Å². The number of hydrogen-bond acceptors (Lipinski definition) is 6. The molecule has 8 nitrogen and oxygen atoms in total. The lowest BCUT2D eigenvalue weighted by molar-refractivity contribution is -0.113. The van der Waals surface area contributed by atoms with Gasteiger partial charge in [-0.15, -0.1) is 10.2 Å². The van der Waals surface area contributed by atoms with Crippen LogP contribution >= 0.6 is 39.3 Å². The monoisotopic (exact) mass is 577 g/mol. The second kappa shape index (κ2) is 8.97. The van der Waals surface area contributed by atoms with Gasteiger partial charge in [-0.3, -0.25) is 9.36 Å². The molecule has 0 spiro atoms. The molecule has 0 atom stereocenters. The quantitative estimate of drug-likeness (QED) is 0.329. The maximum Gasteiger partial charge on any atom is 0.238 e. The molecule has 3 N–H and O–H groups in total. The fraction of sp³-hybridized carbons (Fsp3) is 0.136. The predicted molar refractivity (Wildman–Crippen MR) is 136 cm³/mol. The summed E-state index contributed by atoms with van der Waals surface area (Å²) in [5, 5.41) is 19.2. The first kappa shape index (κ1) is 23.3. The van der Waals surface area contributed by atoms with E-state index in [2.05, 4.69) is 61.8 Å². The molecule has 1 aliphatic carbocycles. The second-order valence-corrected chi connectivity index (χ2v) is 11.3. The Kier molecular flexibility index (Phi) is 6.15. The Balaban J connectivity index is 1.37. The number of anilines is 1. The molecule has 12 heteroatoms. The van der Waals surface area contributed by atoms with Gasteiger partial charge in [0.15, 0.2) is 5.16 Å². The van der Waals surface area contributed by atoms with Gasteiger partial charge in [0.1, 0.15) is 0 Å². The smallest absolute Gasteiger partial charge is 0.238 e. The molecule has 34 heavy (non-hydrogen) atoms. The molecule has 174 valence electrons. The SMILES string of the molecule is NS(=O)(=O)c1ccc(NC(=O)CSc2nnc(Br)n2-c2ccc3c4c(cccc24)CC3)c(Cl)c1. The maximum atomic E-state index is 12.6. The number of halogens is 2. The van der Waals surface area contributed by atoms with E-state index in [-0.39, 0.29) is 27.3 Å². The highest BCUT2D eigenvalue weighted by atomic mass is 79.9. The van der Waals surface area contributed by atoms with Gasteiger partial charge in [0, 0.05) is 5.39 Å². The Morgan fingerprint density at radius 2 is 1.91 bits per heavy atom. The highest BCUT2D eigenvalue weighted by molar-refractivity contribution is 9.10. The van der Waals surface area contributed by atoms with Gasteiger partial charge in [-0.05, 0) is 69.6 Å². The van der Waals surface area contributed by atoms with E-state index in [9.17, 15) is 13.2 Å². The molecule has 0 aliphatic heterocycles. The van der Waals surface area contributed by atoms with Crippen molar-refractivity contribution in [2.75, 3.05) is 11.1 Å². The zero-order valence-electron chi connectivity index (χ0n) is 17.5. The molecule has 1 amide bonds. The van der Waals surface area contributed by atoms with Crippen LogP contribution in [0, 0.1) is 0 Å². The Morgan fingerprint density at radius 3 is 2.65 bits per heavy atom. The predicted octanol–water partition coefficient (Wildman–Crippen LogP) is 4.31. The Hall–Kier alpha value is -2.44. The lowest BCUT2D eigenvalue weighted by Gasteiger charge is -2.13. The minimum atomic E-state index is -3.89. The van der Waals surface area contributed by atoms with E-state index in [0.717, 1.165) is 23.9 Å². The minimum absolute atomic E-state index is 0.0413. The number of primary sulfonamides is 1. The minimum Gasteiger partial charge on any atom is -0.324 e. The number of rotatable bonds is 6. The summed E-state index contributed by atoms with van der Waals surface area (Å²) in [4.78, 5) is 12.5. The Morgan fingerprint density at radius 1 is 1.15 bits per heavy atom. The summed E-state index contributed by atoms with van der Waals surface area (Å²) in [6, 6.07) is 14.4. The van der Waals surface area contributed by atoms with Crippen molar-refractivity contribution in [1.29, 1.82) is 0 Å². The van der Waals surface area contributed by atoms with E-state index in [1.165, 1.54) is 46.5 Å². The van der Waals surface area contributed by atoms with E-state index in [0.29, 0.717) is 9.89 Å². The molecule has 0 unspecified atom stereocenters. The number of aromatic nitrogens is 3. The van der Waals surface area contributed by atoms with Crippen molar-refractivity contribution in [1.82, 2.24) is 14.8 Å². The standard InChI is InChI=1S/C22H17BrClN5O3S2/c23-21-27-28-22(29(21)18-9-6-13-5-4-12-2-1-3-15(18)20(12)13)33-11-19(30)26-17-8-7-14(10-16(17)24)34(25,31)32/h1-3,6-10H,4-5,11H2,(H,26,30)(H2,25,31,32). The molecular formula is C22H17BrClN5O3S2. The van der Waals surface area contributed by atoms with Crippen LogP contribution in [0.25, 0.3) is 16.5 Å². The molecule has 0 bridgehead atoms. The summed E-state index contributed by atoms with van der Waals surface area (Å²) in [7, 11) is -3.89. The van der Waals surface area contributed by atoms with Crippen LogP contribution in [-0.2, 0) is 27.7 Å². The number of benzene rings is 3. The van der Waals surface area contributed by atoms with Crippen molar-refractivity contribution in [3.05, 3.63) is 69.4 Å². The summed E-state index contributed by atoms with van der Waals surface area (Å²) in [6.45, 7) is 0. The van der Waals surface area contributed by atoms with Crippen molar-refractivity contribution >= 4 is 71.7 Å². The zero-order valence-corrected chi connectivity index (χ0v) is 21.4. The molecule has 5 rings (SSSR count). The van der Waals surface area contributed by atoms with Crippen LogP contribution in [-0.4, -0.2) is 34.8 Å². The van der Waals surface area contributed by atoms with E-state index in [1.807, 2.05) is 4.57 Å². The summed E-state index contributed by atoms with van der Waals surface area (Å²) < 4.78 is 25.3. The average molecular weight is 579 g/mol. The molecule has 0 saturated carbocycles. The molecule has 0 saturated heterocycles. The number of carbonyl (C=O) groups excluding carboxylic acids is 1. The van der Waals surface area contributed by atoms with Gasteiger partial charge >= 0.3 is 0 Å². The van der Waals surface area contributed by atoms with Crippen molar-refractivity contribution in [3.8, 4) is 5.69 Å². The average Bonchev–Trinajstić information content (AvgIpc) is 3.38. The number of nitrogens with zero attached hydrogens (tertiary/aromatic N) is 3. The number of carbonyl (C=O) groups is 1. The van der Waals surface area contributed by atoms with Crippen LogP contribution < -0.4 is 10.5 Å². The van der Waals surface area contributed by atoms with Crippen LogP contribution in [0.4, 0.5) is 5.69 Å². The van der Waals surface area contributed by atoms with Crippen molar-refractivity contribution in [2.24, 2.45) is 5.14 Å². The van der Waals surface area contributed by atoms with E-state index < -0.39 is 10.0 Å². The summed E-state index contributed by atoms with van der Waals surface area (Å²) >= 11 is 10.8. The molecular weight excluding hydrogens is 562 g/mol. The van der Waals surface area contributed by atoms with E-state index in [4.69, 9.17) is 16.7 Å². The zero-order chi connectivity index (χ0) is 24.0. The Labute approximate surface area is 213 Å². The van der Waals surface area contributed by atoms with E-state index in [1.54, 1.807) is 0 Å². The van der Waals surface area contributed by atoms with Crippen LogP contribution in [0.15, 0.2) is 63.3 Å². The van der Waals surface area contributed by atoms with Crippen LogP contribution in [0.5, 0.6) is 0 Å². The van der Waals surface area contributed by atoms with Gasteiger partial charge in [0.05, 0.1) is 27.0 Å². The highest BCUT2D eigenvalue weighted by Gasteiger charge is 2.21. The lowest BCUT2D eigenvalue weighted by atomic mass is 10.0. The number of thioether (sulfide) groups is 1. The van der Waals surface area contributed by atoms with Crippen LogP contribution in [0.2, 0.25) is 5.02 Å². The van der Waals surface area contributed by atoms with Crippen LogP contribution in [0.3, 0.4) is 0 Å². The van der Waals surface area contributed by atoms with Gasteiger partial charge in [-0.2, -0.15) is 0 Å². The summed E-state index contributed by atoms with van der Waals surface area (Å²) in [5.74, 6) is -0.291. The second-order valence-electron chi connectivity index (χ2n) is 7.69. The number of amides is 1. The first-order valence-electron chi connectivity index (χ1n) is 10.1. The number of hydrogen-bond donors (Lipinski definition) is 2. The third-order valence-electron chi connectivity index (χ3n) is 5.56. The first-order chi connectivity index (χ1) is 16.2. The molecule has 1 heterocycles. The number of nitrogens with two attached hydrogens (primary N) is 1. The van der Waals surface area contributed by atoms with Crippen molar-refractivity contribution in [3.63, 3.8) is 0 Å². The number of nitrogens with one attached hydrogen (secondary N) is 1. The third kappa shape index (κ3) is 4.34. The maximum absolute atomic E-state index is 12.6. The molecule has 0 radical (unpaired) electrons. The van der Waals surface area contributed by atoms with Gasteiger partial charge in [-0.25, -0.2) is 13.6 Å². The Bertz CT molecular complexity index is 1560. The third-order valence-corrected chi connectivity index (χ3v) is 8.23. The topological polar surface area (TPSA) is 120 Å². The van der Waals surface area contributed by atoms with E-state index >= 15 is 0 Å². The van der Waals surface area contributed by atoms with Gasteiger partial charge in [-0.1, -0.05) is 47.6 Å². The van der Waals surface area contributed by atoms with Crippen molar-refractivity contribution < 1.29 is 13.2 Å². The van der Waals surface area contributed by atoms with Gasteiger partial charge in [0.2, 0.25) is 20.7 Å². The molecule has 3 aromatic carbocycles. The van der Waals surface area contributed by atoms with Crippen LogP contribution in [0.1, 0.15) is 11.1 Å². The fourth-order valence-corrected chi connectivity index (χ4v) is 6.20. The molecule has 1 aliphatic rings. The highest BCUT2D eigenvalue weighted by Crippen LogP contribution is 2.36. The normalized spacial score (nSPS) is 12.9.